The van der Waals surface area contributed by atoms with Crippen LogP contribution in [0.4, 0.5) is 11.8 Å². The zero-order valence-electron chi connectivity index (χ0n) is 9.77. The van der Waals surface area contributed by atoms with Crippen LogP contribution in [0, 0.1) is 0 Å². The highest BCUT2D eigenvalue weighted by molar-refractivity contribution is 6.32. The normalized spacial score (nSPS) is 12.5. The van der Waals surface area contributed by atoms with Crippen molar-refractivity contribution < 1.29 is 4.74 Å². The zero-order valence-corrected chi connectivity index (χ0v) is 10.5. The lowest BCUT2D eigenvalue weighted by atomic mass is 10.3. The molecule has 0 amide bonds. The first kappa shape index (κ1) is 13.0. The summed E-state index contributed by atoms with van der Waals surface area (Å²) in [5.41, 5.74) is 5.56. The number of halogens is 1. The number of rotatable bonds is 5. The van der Waals surface area contributed by atoms with E-state index in [0.29, 0.717) is 17.4 Å². The lowest BCUT2D eigenvalue weighted by molar-refractivity contribution is 0.181. The molecular formula is C10H17ClN4O. The molecule has 0 aliphatic rings. The molecule has 0 radical (unpaired) electrons. The molecule has 1 rings (SSSR count). The summed E-state index contributed by atoms with van der Waals surface area (Å²) in [5, 5.41) is 0.499. The van der Waals surface area contributed by atoms with Gasteiger partial charge in [0.2, 0.25) is 5.95 Å². The maximum Gasteiger partial charge on any atom is 0.222 e. The summed E-state index contributed by atoms with van der Waals surface area (Å²) >= 11 is 6.05. The lowest BCUT2D eigenvalue weighted by Gasteiger charge is -2.29. The van der Waals surface area contributed by atoms with E-state index in [4.69, 9.17) is 22.1 Å². The number of methoxy groups -OCH3 is 1. The Labute approximate surface area is 101 Å². The summed E-state index contributed by atoms with van der Waals surface area (Å²) in [6.07, 6.45) is 1.52. The molecular weight excluding hydrogens is 228 g/mol. The van der Waals surface area contributed by atoms with E-state index in [1.807, 2.05) is 18.7 Å². The van der Waals surface area contributed by atoms with Gasteiger partial charge in [0.05, 0.1) is 18.8 Å². The van der Waals surface area contributed by atoms with Crippen LogP contribution >= 0.6 is 11.6 Å². The molecule has 90 valence electrons. The van der Waals surface area contributed by atoms with E-state index in [2.05, 4.69) is 9.97 Å². The first-order valence-corrected chi connectivity index (χ1v) is 5.51. The van der Waals surface area contributed by atoms with Crippen molar-refractivity contribution in [3.63, 3.8) is 0 Å². The molecule has 0 saturated heterocycles. The number of nitrogens with zero attached hydrogens (tertiary/aromatic N) is 3. The average molecular weight is 245 g/mol. The van der Waals surface area contributed by atoms with Gasteiger partial charge in [0.15, 0.2) is 5.82 Å². The van der Waals surface area contributed by atoms with Gasteiger partial charge in [-0.2, -0.15) is 4.98 Å². The minimum atomic E-state index is 0.182. The second-order valence-electron chi connectivity index (χ2n) is 3.49. The van der Waals surface area contributed by atoms with Gasteiger partial charge in [0.1, 0.15) is 5.02 Å². The zero-order chi connectivity index (χ0) is 12.1. The van der Waals surface area contributed by atoms with Gasteiger partial charge in [0.25, 0.3) is 0 Å². The molecule has 1 aromatic heterocycles. The van der Waals surface area contributed by atoms with Gasteiger partial charge in [-0.05, 0) is 13.8 Å². The Morgan fingerprint density at radius 1 is 1.62 bits per heavy atom. The number of hydrogen-bond acceptors (Lipinski definition) is 5. The topological polar surface area (TPSA) is 64.3 Å². The summed E-state index contributed by atoms with van der Waals surface area (Å²) in [5.74, 6) is 0.878. The van der Waals surface area contributed by atoms with E-state index < -0.39 is 0 Å². The van der Waals surface area contributed by atoms with Crippen molar-refractivity contribution >= 4 is 23.4 Å². The number of aromatic nitrogens is 2. The van der Waals surface area contributed by atoms with Crippen LogP contribution in [0.1, 0.15) is 13.8 Å². The highest BCUT2D eigenvalue weighted by atomic mass is 35.5. The van der Waals surface area contributed by atoms with Crippen LogP contribution in [0.5, 0.6) is 0 Å². The fourth-order valence-electron chi connectivity index (χ4n) is 1.57. The molecule has 1 heterocycles. The number of likely N-dealkylation sites (N-methyl/N-ethyl adjacent to an activating group) is 1. The molecule has 0 bridgehead atoms. The number of nitrogen functional groups attached to an aromatic ring is 1. The largest absolute Gasteiger partial charge is 0.383 e. The van der Waals surface area contributed by atoms with Gasteiger partial charge >= 0.3 is 0 Å². The lowest BCUT2D eigenvalue weighted by Crippen LogP contribution is -2.37. The van der Waals surface area contributed by atoms with E-state index >= 15 is 0 Å². The minimum Gasteiger partial charge on any atom is -0.383 e. The van der Waals surface area contributed by atoms with Gasteiger partial charge in [-0.1, -0.05) is 11.6 Å². The third-order valence-corrected chi connectivity index (χ3v) is 2.56. The van der Waals surface area contributed by atoms with Gasteiger partial charge in [-0.25, -0.2) is 4.98 Å². The highest BCUT2D eigenvalue weighted by Gasteiger charge is 2.17. The van der Waals surface area contributed by atoms with Crippen molar-refractivity contribution in [2.24, 2.45) is 0 Å². The van der Waals surface area contributed by atoms with E-state index in [1.165, 1.54) is 6.20 Å². The third kappa shape index (κ3) is 2.96. The Balaban J connectivity index is 2.98. The Bertz CT molecular complexity index is 348. The standard InChI is InChI=1S/C10H17ClN4O/c1-4-15(7(2)6-16-3)9-8(11)5-13-10(12)14-9/h5,7H,4,6H2,1-3H3,(H2,12,13,14). The SMILES string of the molecule is CCN(c1nc(N)ncc1Cl)C(C)COC. The van der Waals surface area contributed by atoms with Crippen molar-refractivity contribution in [1.29, 1.82) is 0 Å². The van der Waals surface area contributed by atoms with E-state index in [-0.39, 0.29) is 12.0 Å². The maximum atomic E-state index is 6.05. The van der Waals surface area contributed by atoms with E-state index in [1.54, 1.807) is 7.11 Å². The molecule has 0 spiro atoms. The fraction of sp³-hybridized carbons (Fsp3) is 0.600. The summed E-state index contributed by atoms with van der Waals surface area (Å²) in [6.45, 7) is 5.46. The number of anilines is 2. The van der Waals surface area contributed by atoms with Crippen LogP contribution in [0.15, 0.2) is 6.20 Å². The van der Waals surface area contributed by atoms with Crippen molar-refractivity contribution in [3.8, 4) is 0 Å². The van der Waals surface area contributed by atoms with E-state index in [0.717, 1.165) is 6.54 Å². The van der Waals surface area contributed by atoms with Gasteiger partial charge in [0, 0.05) is 13.7 Å². The smallest absolute Gasteiger partial charge is 0.222 e. The van der Waals surface area contributed by atoms with Crippen molar-refractivity contribution in [3.05, 3.63) is 11.2 Å². The maximum absolute atomic E-state index is 6.05. The Hall–Kier alpha value is -1.07. The van der Waals surface area contributed by atoms with Gasteiger partial charge in [-0.3, -0.25) is 0 Å². The molecule has 0 saturated carbocycles. The molecule has 0 aromatic carbocycles. The van der Waals surface area contributed by atoms with Crippen LogP contribution in [0.3, 0.4) is 0 Å². The molecule has 6 heteroatoms. The van der Waals surface area contributed by atoms with Crippen molar-refractivity contribution in [2.75, 3.05) is 30.9 Å². The molecule has 0 aliphatic heterocycles. The van der Waals surface area contributed by atoms with Gasteiger partial charge in [-0.15, -0.1) is 0 Å². The summed E-state index contributed by atoms with van der Waals surface area (Å²) < 4.78 is 5.12. The van der Waals surface area contributed by atoms with Crippen LogP contribution in [0.25, 0.3) is 0 Å². The third-order valence-electron chi connectivity index (χ3n) is 2.30. The molecule has 1 unspecified atom stereocenters. The molecule has 5 nitrogen and oxygen atoms in total. The molecule has 1 aromatic rings. The first-order chi connectivity index (χ1) is 7.60. The second-order valence-corrected chi connectivity index (χ2v) is 3.90. The summed E-state index contributed by atoms with van der Waals surface area (Å²) in [7, 11) is 1.67. The molecule has 2 N–H and O–H groups in total. The fourth-order valence-corrected chi connectivity index (χ4v) is 1.77. The van der Waals surface area contributed by atoms with Gasteiger partial charge < -0.3 is 15.4 Å². The number of hydrogen-bond donors (Lipinski definition) is 1. The van der Waals surface area contributed by atoms with Crippen molar-refractivity contribution in [2.45, 2.75) is 19.9 Å². The Morgan fingerprint density at radius 2 is 2.31 bits per heavy atom. The summed E-state index contributed by atoms with van der Waals surface area (Å²) in [6, 6.07) is 0.182. The monoisotopic (exact) mass is 244 g/mol. The Kier molecular flexibility index (Phi) is 4.76. The van der Waals surface area contributed by atoms with E-state index in [9.17, 15) is 0 Å². The highest BCUT2D eigenvalue weighted by Crippen LogP contribution is 2.24. The van der Waals surface area contributed by atoms with Crippen molar-refractivity contribution in [1.82, 2.24) is 9.97 Å². The molecule has 0 fully saturated rings. The molecule has 16 heavy (non-hydrogen) atoms. The molecule has 1 atom stereocenters. The van der Waals surface area contributed by atoms with Crippen LogP contribution in [-0.2, 0) is 4.74 Å². The quantitative estimate of drug-likeness (QED) is 0.852. The average Bonchev–Trinajstić information content (AvgIpc) is 2.24. The van der Waals surface area contributed by atoms with Crippen LogP contribution in [0.2, 0.25) is 5.02 Å². The minimum absolute atomic E-state index is 0.182. The van der Waals surface area contributed by atoms with Crippen LogP contribution < -0.4 is 10.6 Å². The number of ether oxygens (including phenoxy) is 1. The van der Waals surface area contributed by atoms with Crippen LogP contribution in [-0.4, -0.2) is 36.3 Å². The molecule has 0 aliphatic carbocycles. The first-order valence-electron chi connectivity index (χ1n) is 5.13. The predicted octanol–water partition coefficient (Wildman–Crippen LogP) is 1.57. The second kappa shape index (κ2) is 5.86. The summed E-state index contributed by atoms with van der Waals surface area (Å²) in [4.78, 5) is 10.0. The number of nitrogens with two attached hydrogens (primary N) is 1. The predicted molar refractivity (Wildman–Crippen MR) is 65.8 cm³/mol. The Morgan fingerprint density at radius 3 is 2.88 bits per heavy atom.